The first-order chi connectivity index (χ1) is 12.2. The number of carbonyl (C=O) groups is 1. The first-order valence-corrected chi connectivity index (χ1v) is 8.91. The van der Waals surface area contributed by atoms with Gasteiger partial charge >= 0.3 is 0 Å². The van der Waals surface area contributed by atoms with Crippen LogP contribution < -0.4 is 14.8 Å². The number of aryl methyl sites for hydroxylation is 2. The monoisotopic (exact) mass is 339 g/mol. The Bertz CT molecular complexity index is 755. The van der Waals surface area contributed by atoms with E-state index in [-0.39, 0.29) is 5.91 Å². The fourth-order valence-electron chi connectivity index (χ4n) is 3.31. The van der Waals surface area contributed by atoms with Crippen molar-refractivity contribution in [2.45, 2.75) is 39.0 Å². The molecule has 2 aromatic carbocycles. The van der Waals surface area contributed by atoms with Gasteiger partial charge in [0.1, 0.15) is 0 Å². The minimum absolute atomic E-state index is 0.0260. The average Bonchev–Trinajstić information content (AvgIpc) is 2.63. The Morgan fingerprint density at radius 2 is 1.84 bits per heavy atom. The van der Waals surface area contributed by atoms with E-state index in [4.69, 9.17) is 9.47 Å². The second kappa shape index (κ2) is 8.06. The zero-order valence-corrected chi connectivity index (χ0v) is 14.9. The van der Waals surface area contributed by atoms with E-state index in [1.165, 1.54) is 24.0 Å². The van der Waals surface area contributed by atoms with E-state index in [2.05, 4.69) is 23.5 Å². The van der Waals surface area contributed by atoms with Crippen LogP contribution in [0.15, 0.2) is 36.4 Å². The maximum atomic E-state index is 12.4. The maximum Gasteiger partial charge on any atom is 0.228 e. The van der Waals surface area contributed by atoms with Gasteiger partial charge in [-0.3, -0.25) is 4.79 Å². The molecular formula is C21H25NO3. The van der Waals surface area contributed by atoms with Gasteiger partial charge in [0.25, 0.3) is 0 Å². The van der Waals surface area contributed by atoms with Gasteiger partial charge < -0.3 is 14.8 Å². The van der Waals surface area contributed by atoms with Crippen LogP contribution in [-0.4, -0.2) is 19.6 Å². The van der Waals surface area contributed by atoms with Crippen molar-refractivity contribution in [3.05, 3.63) is 53.1 Å². The smallest absolute Gasteiger partial charge is 0.228 e. The fourth-order valence-corrected chi connectivity index (χ4v) is 3.31. The van der Waals surface area contributed by atoms with Gasteiger partial charge in [0.15, 0.2) is 11.5 Å². The molecule has 0 heterocycles. The van der Waals surface area contributed by atoms with Gasteiger partial charge in [-0.05, 0) is 61.4 Å². The van der Waals surface area contributed by atoms with Crippen LogP contribution in [0.4, 0.5) is 5.69 Å². The fraction of sp³-hybridized carbons (Fsp3) is 0.381. The molecule has 0 saturated heterocycles. The van der Waals surface area contributed by atoms with E-state index < -0.39 is 0 Å². The molecule has 3 rings (SSSR count). The number of benzene rings is 2. The van der Waals surface area contributed by atoms with Crippen molar-refractivity contribution in [2.75, 3.05) is 19.0 Å². The topological polar surface area (TPSA) is 47.6 Å². The number of carbonyl (C=O) groups excluding carboxylic acids is 1. The van der Waals surface area contributed by atoms with E-state index in [0.29, 0.717) is 30.2 Å². The van der Waals surface area contributed by atoms with Crippen LogP contribution >= 0.6 is 0 Å². The predicted molar refractivity (Wildman–Crippen MR) is 99.6 cm³/mol. The molecule has 0 radical (unpaired) electrons. The number of anilines is 1. The van der Waals surface area contributed by atoms with Gasteiger partial charge in [0.05, 0.1) is 20.1 Å². The Morgan fingerprint density at radius 1 is 1.04 bits per heavy atom. The molecule has 0 unspecified atom stereocenters. The van der Waals surface area contributed by atoms with Crippen LogP contribution in [0.1, 0.15) is 36.5 Å². The third-order valence-corrected chi connectivity index (χ3v) is 4.52. The molecule has 0 atom stereocenters. The standard InChI is InChI=1S/C21H25NO3/c1-3-25-19-11-10-18(14-20(19)24-2)22-21(23)13-15-8-9-16-6-4-5-7-17(16)12-15/h8-12,14H,3-7,13H2,1-2H3,(H,22,23). The molecule has 0 fully saturated rings. The number of amides is 1. The van der Waals surface area contributed by atoms with Gasteiger partial charge in [-0.2, -0.15) is 0 Å². The van der Waals surface area contributed by atoms with Crippen LogP contribution in [0.2, 0.25) is 0 Å². The highest BCUT2D eigenvalue weighted by Gasteiger charge is 2.12. The summed E-state index contributed by atoms with van der Waals surface area (Å²) in [6.07, 6.45) is 5.18. The summed E-state index contributed by atoms with van der Waals surface area (Å²) in [4.78, 5) is 12.4. The third kappa shape index (κ3) is 4.32. The highest BCUT2D eigenvalue weighted by molar-refractivity contribution is 5.92. The summed E-state index contributed by atoms with van der Waals surface area (Å²) in [6.45, 7) is 2.49. The number of methoxy groups -OCH3 is 1. The summed E-state index contributed by atoms with van der Waals surface area (Å²) in [6, 6.07) is 11.9. The summed E-state index contributed by atoms with van der Waals surface area (Å²) in [5, 5.41) is 2.94. The quantitative estimate of drug-likeness (QED) is 0.860. The zero-order chi connectivity index (χ0) is 17.6. The van der Waals surface area contributed by atoms with Gasteiger partial charge in [0.2, 0.25) is 5.91 Å². The SMILES string of the molecule is CCOc1ccc(NC(=O)Cc2ccc3c(c2)CCCC3)cc1OC. The highest BCUT2D eigenvalue weighted by Crippen LogP contribution is 2.30. The predicted octanol–water partition coefficient (Wildman–Crippen LogP) is 4.15. The minimum Gasteiger partial charge on any atom is -0.493 e. The van der Waals surface area contributed by atoms with Crippen LogP contribution in [0.3, 0.4) is 0 Å². The summed E-state index contributed by atoms with van der Waals surface area (Å²) in [7, 11) is 1.59. The van der Waals surface area contributed by atoms with E-state index in [0.717, 1.165) is 18.4 Å². The van der Waals surface area contributed by atoms with Crippen LogP contribution in [0.25, 0.3) is 0 Å². The summed E-state index contributed by atoms with van der Waals surface area (Å²) < 4.78 is 10.8. The molecule has 0 bridgehead atoms. The van der Waals surface area contributed by atoms with Crippen LogP contribution in [-0.2, 0) is 24.1 Å². The maximum absolute atomic E-state index is 12.4. The van der Waals surface area contributed by atoms with E-state index in [9.17, 15) is 4.79 Å². The van der Waals surface area contributed by atoms with Crippen LogP contribution in [0, 0.1) is 0 Å². The third-order valence-electron chi connectivity index (χ3n) is 4.52. The molecule has 1 aliphatic carbocycles. The van der Waals surface area contributed by atoms with E-state index in [1.54, 1.807) is 13.2 Å². The Morgan fingerprint density at radius 3 is 2.60 bits per heavy atom. The molecule has 4 nitrogen and oxygen atoms in total. The lowest BCUT2D eigenvalue weighted by Gasteiger charge is -2.16. The van der Waals surface area contributed by atoms with Crippen molar-refractivity contribution in [2.24, 2.45) is 0 Å². The van der Waals surface area contributed by atoms with E-state index in [1.807, 2.05) is 19.1 Å². The lowest BCUT2D eigenvalue weighted by Crippen LogP contribution is -2.15. The Kier molecular flexibility index (Phi) is 5.59. The number of hydrogen-bond acceptors (Lipinski definition) is 3. The van der Waals surface area contributed by atoms with Crippen LogP contribution in [0.5, 0.6) is 11.5 Å². The molecule has 0 aromatic heterocycles. The number of ether oxygens (including phenoxy) is 2. The molecule has 132 valence electrons. The molecular weight excluding hydrogens is 314 g/mol. The van der Waals surface area contributed by atoms with Gasteiger partial charge in [-0.15, -0.1) is 0 Å². The summed E-state index contributed by atoms with van der Waals surface area (Å²) in [5.74, 6) is 1.27. The average molecular weight is 339 g/mol. The largest absolute Gasteiger partial charge is 0.493 e. The Labute approximate surface area is 149 Å². The molecule has 0 saturated carbocycles. The lowest BCUT2D eigenvalue weighted by atomic mass is 9.90. The Balaban J connectivity index is 1.66. The number of rotatable bonds is 6. The molecule has 4 heteroatoms. The second-order valence-corrected chi connectivity index (χ2v) is 6.33. The number of fused-ring (bicyclic) bond motifs is 1. The molecule has 0 spiro atoms. The second-order valence-electron chi connectivity index (χ2n) is 6.33. The zero-order valence-electron chi connectivity index (χ0n) is 14.9. The van der Waals surface area contributed by atoms with Crippen molar-refractivity contribution in [3.8, 4) is 11.5 Å². The van der Waals surface area contributed by atoms with Gasteiger partial charge in [0, 0.05) is 11.8 Å². The first-order valence-electron chi connectivity index (χ1n) is 8.91. The highest BCUT2D eigenvalue weighted by atomic mass is 16.5. The molecule has 1 amide bonds. The molecule has 25 heavy (non-hydrogen) atoms. The van der Waals surface area contributed by atoms with Crippen molar-refractivity contribution >= 4 is 11.6 Å². The molecule has 2 aromatic rings. The minimum atomic E-state index is -0.0260. The van der Waals surface area contributed by atoms with E-state index >= 15 is 0 Å². The van der Waals surface area contributed by atoms with Gasteiger partial charge in [-0.1, -0.05) is 18.2 Å². The molecule has 0 aliphatic heterocycles. The Hall–Kier alpha value is -2.49. The normalized spacial score (nSPS) is 13.0. The van der Waals surface area contributed by atoms with Crippen molar-refractivity contribution < 1.29 is 14.3 Å². The van der Waals surface area contributed by atoms with Gasteiger partial charge in [-0.25, -0.2) is 0 Å². The van der Waals surface area contributed by atoms with Crippen molar-refractivity contribution in [3.63, 3.8) is 0 Å². The van der Waals surface area contributed by atoms with Crippen molar-refractivity contribution in [1.82, 2.24) is 0 Å². The molecule has 1 N–H and O–H groups in total. The molecule has 1 aliphatic rings. The van der Waals surface area contributed by atoms with Crippen molar-refractivity contribution in [1.29, 1.82) is 0 Å². The number of hydrogen-bond donors (Lipinski definition) is 1. The summed E-state index contributed by atoms with van der Waals surface area (Å²) in [5.41, 5.74) is 4.62. The number of nitrogens with one attached hydrogen (secondary N) is 1. The first kappa shape index (κ1) is 17.3. The summed E-state index contributed by atoms with van der Waals surface area (Å²) >= 11 is 0. The lowest BCUT2D eigenvalue weighted by molar-refractivity contribution is -0.115.